The molecule has 0 atom stereocenters. The van der Waals surface area contributed by atoms with Gasteiger partial charge in [0.1, 0.15) is 0 Å². The average Bonchev–Trinajstić information content (AvgIpc) is 2.31. The first-order chi connectivity index (χ1) is 8.45. The fraction of sp³-hybridized carbons (Fsp3) is 0.167. The minimum atomic E-state index is -1.10. The van der Waals surface area contributed by atoms with Crippen molar-refractivity contribution in [3.05, 3.63) is 28.8 Å². The number of carboxylic acids is 1. The summed E-state index contributed by atoms with van der Waals surface area (Å²) in [6.45, 7) is 0.141. The molecule has 0 heterocycles. The zero-order valence-electron chi connectivity index (χ0n) is 9.61. The molecule has 0 aromatic heterocycles. The minimum Gasteiger partial charge on any atom is -0.478 e. The molecule has 2 amide bonds. The van der Waals surface area contributed by atoms with Crippen LogP contribution in [0.25, 0.3) is 0 Å². The van der Waals surface area contributed by atoms with Crippen LogP contribution < -0.4 is 5.32 Å². The van der Waals surface area contributed by atoms with Crippen LogP contribution in [0.5, 0.6) is 0 Å². The van der Waals surface area contributed by atoms with Crippen LogP contribution in [0.2, 0.25) is 5.02 Å². The number of amides is 2. The van der Waals surface area contributed by atoms with Crippen molar-refractivity contribution in [2.24, 2.45) is 0 Å². The molecule has 0 saturated carbocycles. The van der Waals surface area contributed by atoms with Crippen LogP contribution in [0.4, 0.5) is 10.5 Å². The van der Waals surface area contributed by atoms with Gasteiger partial charge in [-0.1, -0.05) is 17.5 Å². The van der Waals surface area contributed by atoms with Gasteiger partial charge >= 0.3 is 12.0 Å². The van der Waals surface area contributed by atoms with Crippen molar-refractivity contribution in [1.29, 1.82) is 0 Å². The summed E-state index contributed by atoms with van der Waals surface area (Å²) in [5.41, 5.74) is 0.264. The molecule has 18 heavy (non-hydrogen) atoms. The Morgan fingerprint density at radius 1 is 1.56 bits per heavy atom. The number of carbonyl (C=O) groups is 2. The molecule has 0 aliphatic heterocycles. The zero-order chi connectivity index (χ0) is 13.7. The maximum atomic E-state index is 11.6. The highest BCUT2D eigenvalue weighted by Crippen LogP contribution is 2.23. The Kier molecular flexibility index (Phi) is 4.58. The highest BCUT2D eigenvalue weighted by molar-refractivity contribution is 6.33. The largest absolute Gasteiger partial charge is 0.478 e. The number of aromatic carboxylic acids is 1. The number of carboxylic acid groups (broad SMARTS) is 1. The lowest BCUT2D eigenvalue weighted by Crippen LogP contribution is -2.31. The molecular weight excluding hydrogens is 256 g/mol. The lowest BCUT2D eigenvalue weighted by Gasteiger charge is -2.15. The maximum Gasteiger partial charge on any atom is 0.335 e. The van der Waals surface area contributed by atoms with Gasteiger partial charge in [0.25, 0.3) is 0 Å². The van der Waals surface area contributed by atoms with Gasteiger partial charge in [0.2, 0.25) is 0 Å². The number of carbonyl (C=O) groups excluding carboxylic acids is 1. The number of hydrogen-bond donors (Lipinski definition) is 2. The van der Waals surface area contributed by atoms with E-state index >= 15 is 0 Å². The minimum absolute atomic E-state index is 0.0364. The molecule has 0 bridgehead atoms. The number of urea groups is 1. The normalized spacial score (nSPS) is 9.39. The van der Waals surface area contributed by atoms with Crippen molar-refractivity contribution in [3.63, 3.8) is 0 Å². The maximum absolute atomic E-state index is 11.6. The topological polar surface area (TPSA) is 69.6 Å². The quantitative estimate of drug-likeness (QED) is 0.824. The van der Waals surface area contributed by atoms with Crippen LogP contribution in [0.15, 0.2) is 18.2 Å². The first-order valence-electron chi connectivity index (χ1n) is 4.94. The second kappa shape index (κ2) is 5.94. The molecule has 1 aromatic rings. The van der Waals surface area contributed by atoms with Crippen LogP contribution in [0, 0.1) is 12.3 Å². The summed E-state index contributed by atoms with van der Waals surface area (Å²) in [6, 6.07) is 3.58. The lowest BCUT2D eigenvalue weighted by molar-refractivity contribution is 0.0697. The summed E-state index contributed by atoms with van der Waals surface area (Å²) < 4.78 is 0. The van der Waals surface area contributed by atoms with Gasteiger partial charge in [0.15, 0.2) is 0 Å². The number of nitrogens with zero attached hydrogens (tertiary/aromatic N) is 1. The molecule has 1 aromatic carbocycles. The summed E-state index contributed by atoms with van der Waals surface area (Å²) >= 11 is 5.86. The van der Waals surface area contributed by atoms with Crippen LogP contribution in [-0.2, 0) is 0 Å². The second-order valence-corrected chi connectivity index (χ2v) is 3.90. The van der Waals surface area contributed by atoms with E-state index in [1.165, 1.54) is 30.1 Å². The molecule has 1 rings (SSSR count). The SMILES string of the molecule is C#CCN(C)C(=O)Nc1cc(C(=O)O)ccc1Cl. The molecule has 0 aliphatic rings. The van der Waals surface area contributed by atoms with Crippen LogP contribution in [0.3, 0.4) is 0 Å². The first kappa shape index (κ1) is 13.9. The van der Waals surface area contributed by atoms with Gasteiger partial charge in [-0.05, 0) is 18.2 Å². The number of halogens is 1. The molecule has 5 nitrogen and oxygen atoms in total. The first-order valence-corrected chi connectivity index (χ1v) is 5.32. The summed E-state index contributed by atoms with van der Waals surface area (Å²) in [5, 5.41) is 11.6. The standard InChI is InChI=1S/C12H11ClN2O3/c1-3-6-15(2)12(18)14-10-7-8(11(16)17)4-5-9(10)13/h1,4-5,7H,6H2,2H3,(H,14,18)(H,16,17). The Morgan fingerprint density at radius 2 is 2.22 bits per heavy atom. The number of anilines is 1. The Morgan fingerprint density at radius 3 is 2.78 bits per heavy atom. The summed E-state index contributed by atoms with van der Waals surface area (Å²) in [6.07, 6.45) is 5.08. The number of benzene rings is 1. The lowest BCUT2D eigenvalue weighted by atomic mass is 10.2. The van der Waals surface area contributed by atoms with Gasteiger partial charge in [-0.15, -0.1) is 6.42 Å². The third-order valence-corrected chi connectivity index (χ3v) is 2.46. The Balaban J connectivity index is 2.90. The van der Waals surface area contributed by atoms with E-state index in [-0.39, 0.29) is 22.8 Å². The summed E-state index contributed by atoms with van der Waals surface area (Å²) in [4.78, 5) is 23.7. The monoisotopic (exact) mass is 266 g/mol. The predicted octanol–water partition coefficient (Wildman–Crippen LogP) is 2.14. The van der Waals surface area contributed by atoms with Crippen molar-refractivity contribution in [3.8, 4) is 12.3 Å². The molecular formula is C12H11ClN2O3. The molecule has 2 N–H and O–H groups in total. The zero-order valence-corrected chi connectivity index (χ0v) is 10.4. The van der Waals surface area contributed by atoms with Crippen molar-refractivity contribution in [1.82, 2.24) is 4.90 Å². The van der Waals surface area contributed by atoms with E-state index < -0.39 is 12.0 Å². The van der Waals surface area contributed by atoms with E-state index in [0.717, 1.165) is 0 Å². The van der Waals surface area contributed by atoms with E-state index in [1.807, 2.05) is 0 Å². The highest BCUT2D eigenvalue weighted by atomic mass is 35.5. The molecule has 0 fully saturated rings. The molecule has 0 radical (unpaired) electrons. The van der Waals surface area contributed by atoms with E-state index in [0.29, 0.717) is 0 Å². The number of rotatable bonds is 3. The summed E-state index contributed by atoms with van der Waals surface area (Å²) in [7, 11) is 1.52. The van der Waals surface area contributed by atoms with Gasteiger partial charge in [0, 0.05) is 7.05 Å². The molecule has 0 aliphatic carbocycles. The van der Waals surface area contributed by atoms with Gasteiger partial charge in [-0.25, -0.2) is 9.59 Å². The van der Waals surface area contributed by atoms with E-state index in [2.05, 4.69) is 11.2 Å². The van der Waals surface area contributed by atoms with Crippen molar-refractivity contribution in [2.75, 3.05) is 18.9 Å². The molecule has 0 saturated heterocycles. The number of hydrogen-bond acceptors (Lipinski definition) is 2. The summed E-state index contributed by atoms with van der Waals surface area (Å²) in [5.74, 6) is 1.22. The van der Waals surface area contributed by atoms with E-state index in [9.17, 15) is 9.59 Å². The van der Waals surface area contributed by atoms with E-state index in [1.54, 1.807) is 0 Å². The fourth-order valence-corrected chi connectivity index (χ4v) is 1.34. The number of nitrogens with one attached hydrogen (secondary N) is 1. The molecule has 0 spiro atoms. The Labute approximate surface area is 109 Å². The Hall–Kier alpha value is -2.19. The average molecular weight is 267 g/mol. The van der Waals surface area contributed by atoms with Gasteiger partial charge in [-0.3, -0.25) is 0 Å². The molecule has 94 valence electrons. The highest BCUT2D eigenvalue weighted by Gasteiger charge is 2.12. The molecule has 0 unspecified atom stereocenters. The smallest absolute Gasteiger partial charge is 0.335 e. The van der Waals surface area contributed by atoms with Crippen LogP contribution >= 0.6 is 11.6 Å². The predicted molar refractivity (Wildman–Crippen MR) is 68.9 cm³/mol. The van der Waals surface area contributed by atoms with E-state index in [4.69, 9.17) is 23.1 Å². The van der Waals surface area contributed by atoms with Crippen molar-refractivity contribution < 1.29 is 14.7 Å². The van der Waals surface area contributed by atoms with Crippen LogP contribution in [-0.4, -0.2) is 35.6 Å². The van der Waals surface area contributed by atoms with Gasteiger partial charge < -0.3 is 15.3 Å². The van der Waals surface area contributed by atoms with Gasteiger partial charge in [-0.2, -0.15) is 0 Å². The van der Waals surface area contributed by atoms with Crippen molar-refractivity contribution >= 4 is 29.3 Å². The second-order valence-electron chi connectivity index (χ2n) is 3.49. The Bertz CT molecular complexity index is 523. The van der Waals surface area contributed by atoms with Crippen molar-refractivity contribution in [2.45, 2.75) is 0 Å². The third kappa shape index (κ3) is 3.40. The number of terminal acetylenes is 1. The van der Waals surface area contributed by atoms with Gasteiger partial charge in [0.05, 0.1) is 22.8 Å². The van der Waals surface area contributed by atoms with Crippen LogP contribution in [0.1, 0.15) is 10.4 Å². The molecule has 6 heteroatoms. The third-order valence-electron chi connectivity index (χ3n) is 2.13. The fourth-order valence-electron chi connectivity index (χ4n) is 1.17.